The Morgan fingerprint density at radius 2 is 1.74 bits per heavy atom. The lowest BCUT2D eigenvalue weighted by Crippen LogP contribution is -2.49. The molecule has 1 aromatic heterocycles. The van der Waals surface area contributed by atoms with E-state index < -0.39 is 21.8 Å². The fraction of sp³-hybridized carbons (Fsp3) is 0.278. The summed E-state index contributed by atoms with van der Waals surface area (Å²) in [7, 11) is -3.48. The zero-order valence-corrected chi connectivity index (χ0v) is 15.8. The lowest BCUT2D eigenvalue weighted by atomic mass is 10.0. The highest BCUT2D eigenvalue weighted by Gasteiger charge is 2.31. The highest BCUT2D eigenvalue weighted by molar-refractivity contribution is 7.92. The van der Waals surface area contributed by atoms with Crippen molar-refractivity contribution in [1.82, 2.24) is 10.9 Å². The molecule has 0 saturated heterocycles. The molecule has 9 heteroatoms. The van der Waals surface area contributed by atoms with Crippen molar-refractivity contribution in [1.29, 1.82) is 0 Å². The van der Waals surface area contributed by atoms with Gasteiger partial charge in [-0.1, -0.05) is 26.0 Å². The quantitative estimate of drug-likeness (QED) is 0.536. The molecule has 3 rings (SSSR count). The molecule has 0 radical (unpaired) electrons. The molecule has 0 fully saturated rings. The summed E-state index contributed by atoms with van der Waals surface area (Å²) in [6.45, 7) is 4.37. The topological polar surface area (TPSA) is 108 Å². The molecular weight excluding hydrogens is 368 g/mol. The Morgan fingerprint density at radius 3 is 2.41 bits per heavy atom. The monoisotopic (exact) mass is 389 g/mol. The summed E-state index contributed by atoms with van der Waals surface area (Å²) < 4.78 is 27.6. The van der Waals surface area contributed by atoms with Gasteiger partial charge in [-0.25, -0.2) is 4.57 Å². The molecule has 1 aliphatic heterocycles. The SMILES string of the molecule is CC(C)c1ccc(C(=O)NNC(=O)c2ccc[n+]3c2NS(=O)(=O)CC3)cc1. The Hall–Kier alpha value is -2.94. The van der Waals surface area contributed by atoms with Crippen molar-refractivity contribution in [2.75, 3.05) is 10.5 Å². The van der Waals surface area contributed by atoms with Crippen molar-refractivity contribution in [3.63, 3.8) is 0 Å². The third-order valence-corrected chi connectivity index (χ3v) is 5.52. The van der Waals surface area contributed by atoms with Crippen LogP contribution in [0.4, 0.5) is 5.82 Å². The number of amides is 2. The third-order valence-electron chi connectivity index (χ3n) is 4.30. The Morgan fingerprint density at radius 1 is 1.07 bits per heavy atom. The van der Waals surface area contributed by atoms with E-state index in [1.807, 2.05) is 12.1 Å². The Balaban J connectivity index is 1.70. The Labute approximate surface area is 157 Å². The normalized spacial score (nSPS) is 14.8. The van der Waals surface area contributed by atoms with Gasteiger partial charge in [-0.2, -0.15) is 13.1 Å². The standard InChI is InChI=1S/C18H20N4O4S/c1-12(2)13-5-7-14(8-6-13)17(23)19-20-18(24)15-4-3-9-22-10-11-27(25,26)21-16(15)22/h3-9,12H,10-11H2,1-2H3,(H2,19,20,23,24)/p+1. The largest absolute Gasteiger partial charge is 0.302 e. The molecule has 0 unspecified atom stereocenters. The number of nitrogens with one attached hydrogen (secondary N) is 3. The molecule has 1 aromatic carbocycles. The molecule has 2 aromatic rings. The van der Waals surface area contributed by atoms with Gasteiger partial charge in [0.1, 0.15) is 17.9 Å². The number of carbonyl (C=O) groups is 2. The van der Waals surface area contributed by atoms with E-state index in [4.69, 9.17) is 0 Å². The molecule has 27 heavy (non-hydrogen) atoms. The lowest BCUT2D eigenvalue weighted by Gasteiger charge is -2.15. The first-order valence-corrected chi connectivity index (χ1v) is 10.2. The molecule has 8 nitrogen and oxygen atoms in total. The van der Waals surface area contributed by atoms with E-state index in [-0.39, 0.29) is 23.7 Å². The van der Waals surface area contributed by atoms with E-state index in [2.05, 4.69) is 29.4 Å². The van der Waals surface area contributed by atoms with Gasteiger partial charge in [-0.05, 0) is 35.7 Å². The second-order valence-corrected chi connectivity index (χ2v) is 8.41. The van der Waals surface area contributed by atoms with Gasteiger partial charge in [0.15, 0.2) is 0 Å². The van der Waals surface area contributed by atoms with Crippen LogP contribution in [0.3, 0.4) is 0 Å². The molecule has 0 atom stereocenters. The van der Waals surface area contributed by atoms with E-state index in [9.17, 15) is 18.0 Å². The molecule has 142 valence electrons. The van der Waals surface area contributed by atoms with Gasteiger partial charge in [-0.15, -0.1) is 0 Å². The average Bonchev–Trinajstić information content (AvgIpc) is 2.64. The van der Waals surface area contributed by atoms with Crippen LogP contribution >= 0.6 is 0 Å². The van der Waals surface area contributed by atoms with Crippen LogP contribution in [0.25, 0.3) is 0 Å². The van der Waals surface area contributed by atoms with Gasteiger partial charge >= 0.3 is 15.8 Å². The zero-order chi connectivity index (χ0) is 19.6. The molecule has 2 heterocycles. The van der Waals surface area contributed by atoms with E-state index in [0.29, 0.717) is 11.5 Å². The highest BCUT2D eigenvalue weighted by Crippen LogP contribution is 2.16. The van der Waals surface area contributed by atoms with Crippen LogP contribution in [0.2, 0.25) is 0 Å². The van der Waals surface area contributed by atoms with Crippen LogP contribution in [-0.4, -0.2) is 26.0 Å². The van der Waals surface area contributed by atoms with Gasteiger partial charge in [-0.3, -0.25) is 20.4 Å². The lowest BCUT2D eigenvalue weighted by molar-refractivity contribution is -0.679. The maximum atomic E-state index is 12.4. The van der Waals surface area contributed by atoms with Gasteiger partial charge in [0.05, 0.1) is 6.20 Å². The number of fused-ring (bicyclic) bond motifs is 1. The van der Waals surface area contributed by atoms with Crippen LogP contribution in [0.5, 0.6) is 0 Å². The first kappa shape index (κ1) is 18.8. The molecule has 0 aliphatic carbocycles. The Kier molecular flexibility index (Phi) is 5.13. The number of nitrogens with zero attached hydrogens (tertiary/aromatic N) is 1. The van der Waals surface area contributed by atoms with Crippen LogP contribution in [0.15, 0.2) is 42.6 Å². The number of sulfonamides is 1. The van der Waals surface area contributed by atoms with Crippen molar-refractivity contribution < 1.29 is 22.6 Å². The van der Waals surface area contributed by atoms with E-state index >= 15 is 0 Å². The second kappa shape index (κ2) is 7.36. The molecule has 0 bridgehead atoms. The number of rotatable bonds is 3. The minimum absolute atomic E-state index is 0.0567. The summed E-state index contributed by atoms with van der Waals surface area (Å²) in [6, 6.07) is 10.2. The van der Waals surface area contributed by atoms with E-state index in [1.54, 1.807) is 29.0 Å². The van der Waals surface area contributed by atoms with Crippen LogP contribution in [0, 0.1) is 0 Å². The fourth-order valence-electron chi connectivity index (χ4n) is 2.72. The maximum absolute atomic E-state index is 12.4. The molecule has 2 amide bonds. The Bertz CT molecular complexity index is 985. The predicted molar refractivity (Wildman–Crippen MR) is 99.5 cm³/mol. The van der Waals surface area contributed by atoms with Crippen LogP contribution in [-0.2, 0) is 16.6 Å². The summed E-state index contributed by atoms with van der Waals surface area (Å²) in [5.41, 5.74) is 6.31. The van der Waals surface area contributed by atoms with Gasteiger partial charge in [0.2, 0.25) is 0 Å². The van der Waals surface area contributed by atoms with Crippen molar-refractivity contribution in [2.45, 2.75) is 26.3 Å². The first-order chi connectivity index (χ1) is 12.8. The number of hydrogen-bond donors (Lipinski definition) is 3. The summed E-state index contributed by atoms with van der Waals surface area (Å²) in [5.74, 6) is -0.601. The zero-order valence-electron chi connectivity index (χ0n) is 15.0. The third kappa shape index (κ3) is 4.25. The minimum Gasteiger partial charge on any atom is -0.267 e. The smallest absolute Gasteiger partial charge is 0.267 e. The molecule has 0 spiro atoms. The number of aromatic nitrogens is 1. The van der Waals surface area contributed by atoms with Gasteiger partial charge in [0.25, 0.3) is 11.8 Å². The van der Waals surface area contributed by atoms with Crippen LogP contribution in [0.1, 0.15) is 46.0 Å². The fourth-order valence-corrected chi connectivity index (χ4v) is 3.78. The average molecular weight is 389 g/mol. The minimum atomic E-state index is -3.48. The van der Waals surface area contributed by atoms with Gasteiger partial charge < -0.3 is 0 Å². The summed E-state index contributed by atoms with van der Waals surface area (Å²) in [6.07, 6.45) is 1.68. The number of carbonyl (C=O) groups excluding carboxylic acids is 2. The van der Waals surface area contributed by atoms with Gasteiger partial charge in [0, 0.05) is 5.56 Å². The van der Waals surface area contributed by atoms with Crippen molar-refractivity contribution in [3.8, 4) is 0 Å². The predicted octanol–water partition coefficient (Wildman–Crippen LogP) is 0.928. The molecular formula is C18H21N4O4S+. The van der Waals surface area contributed by atoms with Crippen molar-refractivity contribution in [3.05, 3.63) is 59.3 Å². The van der Waals surface area contributed by atoms with Crippen LogP contribution < -0.4 is 20.1 Å². The first-order valence-electron chi connectivity index (χ1n) is 8.50. The molecule has 3 N–H and O–H groups in total. The maximum Gasteiger partial charge on any atom is 0.302 e. The number of aryl methyl sites for hydroxylation is 1. The number of hydrazine groups is 1. The van der Waals surface area contributed by atoms with Crippen molar-refractivity contribution in [2.24, 2.45) is 0 Å². The number of anilines is 1. The molecule has 1 aliphatic rings. The number of hydrogen-bond acceptors (Lipinski definition) is 4. The number of pyridine rings is 1. The summed E-state index contributed by atoms with van der Waals surface area (Å²) >= 11 is 0. The second-order valence-electron chi connectivity index (χ2n) is 6.57. The summed E-state index contributed by atoms with van der Waals surface area (Å²) in [4.78, 5) is 24.6. The summed E-state index contributed by atoms with van der Waals surface area (Å²) in [5, 5.41) is 0. The van der Waals surface area contributed by atoms with E-state index in [1.165, 1.54) is 6.07 Å². The molecule has 0 saturated carbocycles. The van der Waals surface area contributed by atoms with Crippen molar-refractivity contribution >= 4 is 27.7 Å². The van der Waals surface area contributed by atoms with E-state index in [0.717, 1.165) is 5.56 Å². The highest BCUT2D eigenvalue weighted by atomic mass is 32.2. The number of benzene rings is 1.